The van der Waals surface area contributed by atoms with Crippen LogP contribution < -0.4 is 15.8 Å². The highest BCUT2D eigenvalue weighted by molar-refractivity contribution is 14.0. The van der Waals surface area contributed by atoms with Gasteiger partial charge in [-0.05, 0) is 18.6 Å². The zero-order valence-corrected chi connectivity index (χ0v) is 19.0. The molecule has 0 spiro atoms. The van der Waals surface area contributed by atoms with Gasteiger partial charge in [-0.25, -0.2) is 13.1 Å². The van der Waals surface area contributed by atoms with Crippen molar-refractivity contribution in [2.45, 2.75) is 10.6 Å². The minimum absolute atomic E-state index is 0. The smallest absolute Gasteiger partial charge is 0.250 e. The number of ether oxygens (including phenoxy) is 1. The normalized spacial score (nSPS) is 16.3. The monoisotopic (exact) mass is 537 g/mol. The van der Waals surface area contributed by atoms with Crippen LogP contribution in [-0.4, -0.2) is 71.8 Å². The highest BCUT2D eigenvalue weighted by Gasteiger charge is 2.15. The van der Waals surface area contributed by atoms with E-state index in [2.05, 4.69) is 19.9 Å². The Bertz CT molecular complexity index is 665. The van der Waals surface area contributed by atoms with Crippen LogP contribution in [0.3, 0.4) is 0 Å². The molecule has 8 nitrogen and oxygen atoms in total. The maximum Gasteiger partial charge on any atom is 0.250 e. The molecule has 0 atom stereocenters. The zero-order valence-electron chi connectivity index (χ0n) is 14.3. The molecule has 0 saturated carbocycles. The van der Waals surface area contributed by atoms with Crippen LogP contribution in [0.2, 0.25) is 4.34 Å². The number of aliphatic imine (C=N–C) groups is 1. The fourth-order valence-corrected chi connectivity index (χ4v) is 4.82. The zero-order chi connectivity index (χ0) is 18.1. The first-order chi connectivity index (χ1) is 12.0. The number of rotatable bonds is 9. The molecule has 1 aliphatic rings. The molecular weight excluding hydrogens is 513 g/mol. The third kappa shape index (κ3) is 8.67. The summed E-state index contributed by atoms with van der Waals surface area (Å²) >= 11 is 6.77. The third-order valence-electron chi connectivity index (χ3n) is 3.55. The lowest BCUT2D eigenvalue weighted by Gasteiger charge is -2.26. The summed E-state index contributed by atoms with van der Waals surface area (Å²) < 4.78 is 32.4. The van der Waals surface area contributed by atoms with E-state index in [-0.39, 0.29) is 34.7 Å². The van der Waals surface area contributed by atoms with E-state index in [1.807, 2.05) is 0 Å². The van der Waals surface area contributed by atoms with Crippen molar-refractivity contribution in [3.8, 4) is 0 Å². The molecule has 2 rings (SSSR count). The van der Waals surface area contributed by atoms with Gasteiger partial charge in [0.1, 0.15) is 4.21 Å². The second-order valence-electron chi connectivity index (χ2n) is 5.46. The maximum absolute atomic E-state index is 12.0. The number of nitrogens with one attached hydrogen (secondary N) is 2. The standard InChI is InChI=1S/C14H24ClN5O3S2.HI/c15-12-2-3-13(24-12)25(21,22)19-6-5-18-14(16)17-4-1-7-20-8-10-23-11-9-20;/h2-3,19H,1,4-11H2,(H3,16,17,18);1H. The molecule has 0 aliphatic carbocycles. The Labute approximate surface area is 180 Å². The molecular formula is C14H25ClIN5O3S2. The van der Waals surface area contributed by atoms with E-state index < -0.39 is 10.0 Å². The van der Waals surface area contributed by atoms with Crippen LogP contribution in [0.4, 0.5) is 0 Å². The molecule has 1 aromatic heterocycles. The molecule has 0 amide bonds. The van der Waals surface area contributed by atoms with Crippen LogP contribution in [0, 0.1) is 0 Å². The molecule has 0 radical (unpaired) electrons. The largest absolute Gasteiger partial charge is 0.379 e. The van der Waals surface area contributed by atoms with Gasteiger partial charge in [-0.2, -0.15) is 0 Å². The fraction of sp³-hybridized carbons (Fsp3) is 0.643. The number of thiophene rings is 1. The van der Waals surface area contributed by atoms with E-state index in [1.165, 1.54) is 6.07 Å². The topological polar surface area (TPSA) is 109 Å². The molecule has 0 bridgehead atoms. The summed E-state index contributed by atoms with van der Waals surface area (Å²) in [5, 5.41) is 2.89. The molecule has 1 fully saturated rings. The van der Waals surface area contributed by atoms with Gasteiger partial charge in [0, 0.05) is 39.3 Å². The predicted molar refractivity (Wildman–Crippen MR) is 116 cm³/mol. The lowest BCUT2D eigenvalue weighted by Crippen LogP contribution is -2.39. The van der Waals surface area contributed by atoms with Gasteiger partial charge >= 0.3 is 0 Å². The molecule has 26 heavy (non-hydrogen) atoms. The van der Waals surface area contributed by atoms with E-state index in [4.69, 9.17) is 22.1 Å². The molecule has 0 unspecified atom stereocenters. The molecule has 0 aromatic carbocycles. The first-order valence-corrected chi connectivity index (χ1v) is 10.7. The summed E-state index contributed by atoms with van der Waals surface area (Å²) in [6, 6.07) is 3.04. The third-order valence-corrected chi connectivity index (χ3v) is 6.74. The lowest BCUT2D eigenvalue weighted by atomic mass is 10.3. The van der Waals surface area contributed by atoms with Crippen LogP contribution in [0.5, 0.6) is 0 Å². The second kappa shape index (κ2) is 12.3. The minimum Gasteiger partial charge on any atom is -0.379 e. The molecule has 12 heteroatoms. The van der Waals surface area contributed by atoms with Crippen molar-refractivity contribution >= 4 is 62.9 Å². The second-order valence-corrected chi connectivity index (χ2v) is 9.17. The van der Waals surface area contributed by atoms with Gasteiger partial charge < -0.3 is 15.8 Å². The van der Waals surface area contributed by atoms with E-state index >= 15 is 0 Å². The summed E-state index contributed by atoms with van der Waals surface area (Å²) in [7, 11) is -3.52. The van der Waals surface area contributed by atoms with Crippen LogP contribution >= 0.6 is 46.9 Å². The SMILES string of the molecule is I.NC(=NCCCN1CCOCC1)NCCNS(=O)(=O)c1ccc(Cl)s1. The minimum atomic E-state index is -3.52. The van der Waals surface area contributed by atoms with E-state index in [9.17, 15) is 8.42 Å². The van der Waals surface area contributed by atoms with Crippen molar-refractivity contribution in [3.05, 3.63) is 16.5 Å². The Balaban J connectivity index is 0.00000338. The van der Waals surface area contributed by atoms with Crippen molar-refractivity contribution in [1.29, 1.82) is 0 Å². The Hall–Kier alpha value is -0.180. The fourth-order valence-electron chi connectivity index (χ4n) is 2.26. The number of morpholine rings is 1. The summed E-state index contributed by atoms with van der Waals surface area (Å²) in [5.74, 6) is 0.320. The predicted octanol–water partition coefficient (Wildman–Crippen LogP) is 0.924. The van der Waals surface area contributed by atoms with Gasteiger partial charge in [0.05, 0.1) is 17.6 Å². The summed E-state index contributed by atoms with van der Waals surface area (Å²) in [6.07, 6.45) is 0.925. The lowest BCUT2D eigenvalue weighted by molar-refractivity contribution is 0.0377. The number of sulfonamides is 1. The van der Waals surface area contributed by atoms with E-state index in [0.717, 1.165) is 50.6 Å². The Kier molecular flexibility index (Phi) is 11.3. The van der Waals surface area contributed by atoms with E-state index in [1.54, 1.807) is 6.07 Å². The molecule has 1 aliphatic heterocycles. The van der Waals surface area contributed by atoms with Crippen molar-refractivity contribution in [2.75, 3.05) is 52.5 Å². The number of halogens is 2. The molecule has 1 aromatic rings. The van der Waals surface area contributed by atoms with Crippen LogP contribution in [0.1, 0.15) is 6.42 Å². The van der Waals surface area contributed by atoms with Crippen LogP contribution in [-0.2, 0) is 14.8 Å². The number of guanidine groups is 1. The number of nitrogens with two attached hydrogens (primary N) is 1. The number of hydrogen-bond acceptors (Lipinski definition) is 6. The van der Waals surface area contributed by atoms with Crippen molar-refractivity contribution in [2.24, 2.45) is 10.7 Å². The number of hydrogen-bond donors (Lipinski definition) is 3. The van der Waals surface area contributed by atoms with Gasteiger partial charge in [-0.15, -0.1) is 35.3 Å². The summed E-state index contributed by atoms with van der Waals surface area (Å²) in [4.78, 5) is 6.58. The van der Waals surface area contributed by atoms with Crippen LogP contribution in [0.15, 0.2) is 21.3 Å². The first kappa shape index (κ1) is 23.9. The first-order valence-electron chi connectivity index (χ1n) is 8.06. The van der Waals surface area contributed by atoms with Crippen LogP contribution in [0.25, 0.3) is 0 Å². The average Bonchev–Trinajstić information content (AvgIpc) is 3.04. The Morgan fingerprint density at radius 2 is 2.08 bits per heavy atom. The van der Waals surface area contributed by atoms with Gasteiger partial charge in [-0.1, -0.05) is 11.6 Å². The molecule has 150 valence electrons. The molecule has 2 heterocycles. The quantitative estimate of drug-likeness (QED) is 0.187. The van der Waals surface area contributed by atoms with Gasteiger partial charge in [-0.3, -0.25) is 9.89 Å². The van der Waals surface area contributed by atoms with E-state index in [0.29, 0.717) is 23.4 Å². The Morgan fingerprint density at radius 3 is 2.73 bits per heavy atom. The highest BCUT2D eigenvalue weighted by Crippen LogP contribution is 2.25. The van der Waals surface area contributed by atoms with Crippen molar-refractivity contribution in [3.63, 3.8) is 0 Å². The number of nitrogens with zero attached hydrogens (tertiary/aromatic N) is 2. The van der Waals surface area contributed by atoms with Gasteiger partial charge in [0.25, 0.3) is 0 Å². The van der Waals surface area contributed by atoms with Crippen molar-refractivity contribution < 1.29 is 13.2 Å². The molecule has 4 N–H and O–H groups in total. The summed E-state index contributed by atoms with van der Waals surface area (Å²) in [5.41, 5.74) is 5.77. The summed E-state index contributed by atoms with van der Waals surface area (Å²) in [6.45, 7) is 5.69. The maximum atomic E-state index is 12.0. The average molecular weight is 538 g/mol. The van der Waals surface area contributed by atoms with Gasteiger partial charge in [0.2, 0.25) is 10.0 Å². The molecule has 1 saturated heterocycles. The van der Waals surface area contributed by atoms with Crippen molar-refractivity contribution in [1.82, 2.24) is 14.9 Å². The highest BCUT2D eigenvalue weighted by atomic mass is 127. The Morgan fingerprint density at radius 1 is 1.35 bits per heavy atom. The van der Waals surface area contributed by atoms with Gasteiger partial charge in [0.15, 0.2) is 5.96 Å².